The van der Waals surface area contributed by atoms with Gasteiger partial charge in [-0.25, -0.2) is 4.39 Å². The van der Waals surface area contributed by atoms with Crippen LogP contribution in [0.1, 0.15) is 34.3 Å². The number of Topliss-reactive ketones (excluding diaryl/α,β-unsaturated/α-hetero) is 1. The molecule has 132 valence electrons. The molecule has 0 bridgehead atoms. The highest BCUT2D eigenvalue weighted by molar-refractivity contribution is 5.97. The molecule has 0 saturated carbocycles. The summed E-state index contributed by atoms with van der Waals surface area (Å²) in [7, 11) is 4.16. The summed E-state index contributed by atoms with van der Waals surface area (Å²) >= 11 is 0. The van der Waals surface area contributed by atoms with Gasteiger partial charge in [0.05, 0.1) is 14.1 Å². The quantitative estimate of drug-likeness (QED) is 0.718. The molecule has 0 aliphatic carbocycles. The normalized spacial score (nSPS) is 10.7. The van der Waals surface area contributed by atoms with E-state index >= 15 is 0 Å². The fourth-order valence-electron chi connectivity index (χ4n) is 2.57. The van der Waals surface area contributed by atoms with E-state index in [1.54, 1.807) is 0 Å². The molecule has 0 aliphatic heterocycles. The van der Waals surface area contributed by atoms with Crippen molar-refractivity contribution in [2.24, 2.45) is 0 Å². The number of benzene rings is 2. The first-order chi connectivity index (χ1) is 12.0. The third-order valence-corrected chi connectivity index (χ3v) is 3.88. The van der Waals surface area contributed by atoms with Gasteiger partial charge >= 0.3 is 0 Å². The smallest absolute Gasteiger partial charge is 0.220 e. The maximum atomic E-state index is 12.9. The number of hydrogen-bond acceptors (Lipinski definition) is 2. The van der Waals surface area contributed by atoms with Crippen molar-refractivity contribution in [2.75, 3.05) is 14.1 Å². The Morgan fingerprint density at radius 2 is 1.60 bits per heavy atom. The Bertz CT molecular complexity index is 727. The lowest BCUT2D eigenvalue weighted by atomic mass is 10.1. The van der Waals surface area contributed by atoms with Gasteiger partial charge in [-0.1, -0.05) is 24.3 Å². The second kappa shape index (κ2) is 9.08. The molecule has 2 aromatic rings. The summed E-state index contributed by atoms with van der Waals surface area (Å²) in [6, 6.07) is 13.4. The van der Waals surface area contributed by atoms with Crippen LogP contribution >= 0.6 is 0 Å². The zero-order valence-electron chi connectivity index (χ0n) is 14.6. The van der Waals surface area contributed by atoms with Gasteiger partial charge in [0.2, 0.25) is 5.91 Å². The van der Waals surface area contributed by atoms with Crippen molar-refractivity contribution in [3.63, 3.8) is 0 Å². The average molecular weight is 343 g/mol. The highest BCUT2D eigenvalue weighted by atomic mass is 19.1. The van der Waals surface area contributed by atoms with E-state index in [9.17, 15) is 14.0 Å². The first-order valence-corrected chi connectivity index (χ1v) is 8.37. The third kappa shape index (κ3) is 6.12. The van der Waals surface area contributed by atoms with E-state index < -0.39 is 0 Å². The van der Waals surface area contributed by atoms with Crippen molar-refractivity contribution in [1.29, 1.82) is 0 Å². The molecule has 2 aromatic carbocycles. The largest absolute Gasteiger partial charge is 0.352 e. The van der Waals surface area contributed by atoms with Crippen LogP contribution in [0.15, 0.2) is 48.5 Å². The maximum absolute atomic E-state index is 12.9. The van der Waals surface area contributed by atoms with Crippen molar-refractivity contribution < 1.29 is 18.9 Å². The molecule has 4 nitrogen and oxygen atoms in total. The van der Waals surface area contributed by atoms with Gasteiger partial charge in [-0.3, -0.25) is 9.59 Å². The summed E-state index contributed by atoms with van der Waals surface area (Å²) in [5, 5.41) is 2.87. The lowest BCUT2D eigenvalue weighted by Crippen LogP contribution is -3.04. The Balaban J connectivity index is 1.83. The number of carbonyl (C=O) groups excluding carboxylic acids is 2. The minimum atomic E-state index is -0.382. The van der Waals surface area contributed by atoms with Gasteiger partial charge in [-0.2, -0.15) is 0 Å². The molecule has 0 fully saturated rings. The van der Waals surface area contributed by atoms with Gasteiger partial charge in [-0.05, 0) is 29.8 Å². The molecule has 0 saturated heterocycles. The number of quaternary nitrogens is 1. The molecule has 2 rings (SSSR count). The molecule has 0 atom stereocenters. The number of ketones is 1. The predicted octanol–water partition coefficient (Wildman–Crippen LogP) is 1.75. The Morgan fingerprint density at radius 1 is 0.960 bits per heavy atom. The van der Waals surface area contributed by atoms with Crippen LogP contribution in [0.25, 0.3) is 0 Å². The topological polar surface area (TPSA) is 50.6 Å². The number of carbonyl (C=O) groups is 2. The number of halogens is 1. The lowest BCUT2D eigenvalue weighted by molar-refractivity contribution is -0.872. The van der Waals surface area contributed by atoms with Gasteiger partial charge < -0.3 is 10.2 Å². The van der Waals surface area contributed by atoms with E-state index in [1.807, 2.05) is 18.2 Å². The van der Waals surface area contributed by atoms with Crippen molar-refractivity contribution in [3.05, 3.63) is 71.0 Å². The monoisotopic (exact) mass is 343 g/mol. The Morgan fingerprint density at radius 3 is 2.24 bits per heavy atom. The standard InChI is InChI=1S/C20H23FN2O2/c1-23(2)14-17-6-4-3-5-16(17)13-22-20(25)12-11-19(24)15-7-9-18(21)10-8-15/h3-10H,11-14H2,1-2H3,(H,22,25)/p+1. The second-order valence-corrected chi connectivity index (χ2v) is 6.36. The first-order valence-electron chi connectivity index (χ1n) is 8.37. The second-order valence-electron chi connectivity index (χ2n) is 6.36. The van der Waals surface area contributed by atoms with E-state index in [4.69, 9.17) is 0 Å². The summed E-state index contributed by atoms with van der Waals surface area (Å²) in [5.41, 5.74) is 2.71. The fourth-order valence-corrected chi connectivity index (χ4v) is 2.57. The Hall–Kier alpha value is -2.53. The predicted molar refractivity (Wildman–Crippen MR) is 94.8 cm³/mol. The number of rotatable bonds is 8. The molecule has 5 heteroatoms. The molecule has 0 unspecified atom stereocenters. The van der Waals surface area contributed by atoms with Gasteiger partial charge in [0.15, 0.2) is 5.78 Å². The molecule has 0 heterocycles. The number of nitrogens with one attached hydrogen (secondary N) is 2. The zero-order valence-corrected chi connectivity index (χ0v) is 14.6. The van der Waals surface area contributed by atoms with Gasteiger partial charge in [-0.15, -0.1) is 0 Å². The highest BCUT2D eigenvalue weighted by Crippen LogP contribution is 2.09. The lowest BCUT2D eigenvalue weighted by Gasteiger charge is -2.13. The summed E-state index contributed by atoms with van der Waals surface area (Å²) in [4.78, 5) is 25.3. The molecular formula is C20H24FN2O2+. The summed E-state index contributed by atoms with van der Waals surface area (Å²) in [6.45, 7) is 1.34. The molecule has 0 aromatic heterocycles. The van der Waals surface area contributed by atoms with E-state index in [0.717, 1.165) is 12.1 Å². The maximum Gasteiger partial charge on any atom is 0.220 e. The van der Waals surface area contributed by atoms with Crippen LogP contribution in [-0.2, 0) is 17.9 Å². The van der Waals surface area contributed by atoms with Crippen LogP contribution in [0.3, 0.4) is 0 Å². The van der Waals surface area contributed by atoms with Crippen LogP contribution in [-0.4, -0.2) is 25.8 Å². The Labute approximate surface area is 147 Å². The molecular weight excluding hydrogens is 319 g/mol. The van der Waals surface area contributed by atoms with Crippen LogP contribution in [0.2, 0.25) is 0 Å². The number of hydrogen-bond donors (Lipinski definition) is 2. The molecule has 0 radical (unpaired) electrons. The minimum absolute atomic E-state index is 0.112. The van der Waals surface area contributed by atoms with E-state index in [2.05, 4.69) is 25.5 Å². The fraction of sp³-hybridized carbons (Fsp3) is 0.300. The zero-order chi connectivity index (χ0) is 18.2. The molecule has 2 N–H and O–H groups in total. The molecule has 1 amide bonds. The molecule has 25 heavy (non-hydrogen) atoms. The third-order valence-electron chi connectivity index (χ3n) is 3.88. The molecule has 0 spiro atoms. The summed E-state index contributed by atoms with van der Waals surface area (Å²) in [6.07, 6.45) is 0.234. The number of amides is 1. The van der Waals surface area contributed by atoms with Crippen molar-refractivity contribution in [3.8, 4) is 0 Å². The Kier molecular flexibility index (Phi) is 6.83. The van der Waals surface area contributed by atoms with Gasteiger partial charge in [0.1, 0.15) is 12.4 Å². The average Bonchev–Trinajstić information content (AvgIpc) is 2.59. The van der Waals surface area contributed by atoms with Crippen molar-refractivity contribution in [1.82, 2.24) is 5.32 Å². The summed E-state index contributed by atoms with van der Waals surface area (Å²) < 4.78 is 12.9. The molecule has 0 aliphatic rings. The summed E-state index contributed by atoms with van der Waals surface area (Å²) in [5.74, 6) is -0.707. The van der Waals surface area contributed by atoms with E-state index in [1.165, 1.54) is 34.7 Å². The van der Waals surface area contributed by atoms with Crippen LogP contribution in [0.5, 0.6) is 0 Å². The first kappa shape index (κ1) is 18.8. The van der Waals surface area contributed by atoms with Crippen LogP contribution < -0.4 is 10.2 Å². The van der Waals surface area contributed by atoms with Crippen molar-refractivity contribution >= 4 is 11.7 Å². The highest BCUT2D eigenvalue weighted by Gasteiger charge is 2.11. The van der Waals surface area contributed by atoms with Crippen LogP contribution in [0, 0.1) is 5.82 Å². The van der Waals surface area contributed by atoms with Gasteiger partial charge in [0, 0.05) is 30.5 Å². The van der Waals surface area contributed by atoms with Crippen LogP contribution in [0.4, 0.5) is 4.39 Å². The SMILES string of the molecule is C[NH+](C)Cc1ccccc1CNC(=O)CCC(=O)c1ccc(F)cc1. The van der Waals surface area contributed by atoms with E-state index in [0.29, 0.717) is 12.1 Å². The van der Waals surface area contributed by atoms with Crippen molar-refractivity contribution in [2.45, 2.75) is 25.9 Å². The van der Waals surface area contributed by atoms with E-state index in [-0.39, 0.29) is 30.3 Å². The minimum Gasteiger partial charge on any atom is -0.352 e. The van der Waals surface area contributed by atoms with Gasteiger partial charge in [0.25, 0.3) is 0 Å².